The minimum Gasteiger partial charge on any atom is -0.504 e. The summed E-state index contributed by atoms with van der Waals surface area (Å²) in [5.74, 6) is 1.55. The SMILES string of the molecule is CCCCCN=C(NCC)NCCc1ccc(O)c(OC)c1.I. The van der Waals surface area contributed by atoms with Crippen molar-refractivity contribution in [2.75, 3.05) is 26.7 Å². The van der Waals surface area contributed by atoms with Crippen LogP contribution in [0.1, 0.15) is 38.7 Å². The number of aliphatic imine (C=N–C) groups is 1. The van der Waals surface area contributed by atoms with Gasteiger partial charge < -0.3 is 20.5 Å². The summed E-state index contributed by atoms with van der Waals surface area (Å²) >= 11 is 0. The smallest absolute Gasteiger partial charge is 0.191 e. The average molecular weight is 435 g/mol. The van der Waals surface area contributed by atoms with Crippen LogP contribution in [0.25, 0.3) is 0 Å². The van der Waals surface area contributed by atoms with Crippen LogP contribution < -0.4 is 15.4 Å². The van der Waals surface area contributed by atoms with E-state index in [1.807, 2.05) is 12.1 Å². The van der Waals surface area contributed by atoms with Crippen LogP contribution in [-0.4, -0.2) is 37.8 Å². The summed E-state index contributed by atoms with van der Waals surface area (Å²) in [5.41, 5.74) is 1.11. The van der Waals surface area contributed by atoms with Gasteiger partial charge in [0.15, 0.2) is 17.5 Å². The molecule has 1 aromatic carbocycles. The van der Waals surface area contributed by atoms with Gasteiger partial charge in [0, 0.05) is 19.6 Å². The zero-order chi connectivity index (χ0) is 16.2. The quantitative estimate of drug-likeness (QED) is 0.241. The third-order valence-electron chi connectivity index (χ3n) is 3.33. The molecule has 132 valence electrons. The lowest BCUT2D eigenvalue weighted by atomic mass is 10.1. The van der Waals surface area contributed by atoms with Crippen molar-refractivity contribution in [1.29, 1.82) is 0 Å². The Kier molecular flexibility index (Phi) is 12.6. The van der Waals surface area contributed by atoms with Crippen molar-refractivity contribution in [2.24, 2.45) is 4.99 Å². The number of aromatic hydroxyl groups is 1. The van der Waals surface area contributed by atoms with E-state index in [-0.39, 0.29) is 29.7 Å². The number of unbranched alkanes of at least 4 members (excludes halogenated alkanes) is 2. The molecule has 0 unspecified atom stereocenters. The summed E-state index contributed by atoms with van der Waals surface area (Å²) in [4.78, 5) is 4.56. The van der Waals surface area contributed by atoms with E-state index in [4.69, 9.17) is 4.74 Å². The zero-order valence-corrected chi connectivity index (χ0v) is 16.7. The Balaban J connectivity index is 0.00000484. The molecule has 0 amide bonds. The lowest BCUT2D eigenvalue weighted by molar-refractivity contribution is 0.373. The van der Waals surface area contributed by atoms with Crippen molar-refractivity contribution in [3.8, 4) is 11.5 Å². The normalized spacial score (nSPS) is 10.8. The Hall–Kier alpha value is -1.18. The van der Waals surface area contributed by atoms with Crippen molar-refractivity contribution in [1.82, 2.24) is 10.6 Å². The Morgan fingerprint density at radius 1 is 1.22 bits per heavy atom. The monoisotopic (exact) mass is 435 g/mol. The summed E-state index contributed by atoms with van der Waals surface area (Å²) in [6.07, 6.45) is 4.40. The van der Waals surface area contributed by atoms with Crippen molar-refractivity contribution in [3.05, 3.63) is 23.8 Å². The largest absolute Gasteiger partial charge is 0.504 e. The Morgan fingerprint density at radius 3 is 2.65 bits per heavy atom. The van der Waals surface area contributed by atoms with Gasteiger partial charge in [0.25, 0.3) is 0 Å². The number of guanidine groups is 1. The van der Waals surface area contributed by atoms with E-state index in [1.54, 1.807) is 13.2 Å². The van der Waals surface area contributed by atoms with Crippen molar-refractivity contribution < 1.29 is 9.84 Å². The number of phenolic OH excluding ortho intramolecular Hbond substituents is 1. The number of rotatable bonds is 9. The molecule has 0 atom stereocenters. The van der Waals surface area contributed by atoms with E-state index in [0.29, 0.717) is 5.75 Å². The topological polar surface area (TPSA) is 65.9 Å². The number of benzene rings is 1. The van der Waals surface area contributed by atoms with E-state index in [2.05, 4.69) is 29.5 Å². The highest BCUT2D eigenvalue weighted by Crippen LogP contribution is 2.26. The Bertz CT molecular complexity index is 467. The summed E-state index contributed by atoms with van der Waals surface area (Å²) < 4.78 is 5.12. The van der Waals surface area contributed by atoms with Gasteiger partial charge in [-0.1, -0.05) is 25.8 Å². The first-order chi connectivity index (χ1) is 10.7. The van der Waals surface area contributed by atoms with E-state index in [9.17, 15) is 5.11 Å². The van der Waals surface area contributed by atoms with Gasteiger partial charge in [-0.15, -0.1) is 24.0 Å². The van der Waals surface area contributed by atoms with Crippen molar-refractivity contribution in [3.63, 3.8) is 0 Å². The summed E-state index contributed by atoms with van der Waals surface area (Å²) in [6, 6.07) is 5.44. The number of methoxy groups -OCH3 is 1. The highest BCUT2D eigenvalue weighted by Gasteiger charge is 2.03. The second kappa shape index (κ2) is 13.3. The van der Waals surface area contributed by atoms with Crippen LogP contribution in [0.3, 0.4) is 0 Å². The average Bonchev–Trinajstić information content (AvgIpc) is 2.53. The molecule has 1 rings (SSSR count). The predicted molar refractivity (Wildman–Crippen MR) is 107 cm³/mol. The maximum Gasteiger partial charge on any atom is 0.191 e. The van der Waals surface area contributed by atoms with Crippen LogP contribution in [0.4, 0.5) is 0 Å². The second-order valence-corrected chi connectivity index (χ2v) is 5.15. The molecular weight excluding hydrogens is 405 g/mol. The number of phenols is 1. The van der Waals surface area contributed by atoms with Gasteiger partial charge in [-0.25, -0.2) is 0 Å². The lowest BCUT2D eigenvalue weighted by Gasteiger charge is -2.12. The molecule has 0 saturated heterocycles. The molecular formula is C17H30IN3O2. The van der Waals surface area contributed by atoms with E-state index < -0.39 is 0 Å². The first kappa shape index (κ1) is 21.8. The van der Waals surface area contributed by atoms with E-state index >= 15 is 0 Å². The fraction of sp³-hybridized carbons (Fsp3) is 0.588. The molecule has 0 bridgehead atoms. The molecule has 3 N–H and O–H groups in total. The zero-order valence-electron chi connectivity index (χ0n) is 14.4. The fourth-order valence-corrected chi connectivity index (χ4v) is 2.10. The minimum atomic E-state index is 0. The van der Waals surface area contributed by atoms with Gasteiger partial charge in [0.1, 0.15) is 0 Å². The molecule has 5 nitrogen and oxygen atoms in total. The first-order valence-corrected chi connectivity index (χ1v) is 8.09. The molecule has 0 heterocycles. The van der Waals surface area contributed by atoms with E-state index in [0.717, 1.165) is 44.0 Å². The standard InChI is InChI=1S/C17H29N3O2.HI/c1-4-6-7-11-19-17(18-5-2)20-12-10-14-8-9-15(21)16(13-14)22-3;/h8-9,13,21H,4-7,10-12H2,1-3H3,(H2,18,19,20);1H. The molecule has 0 aromatic heterocycles. The molecule has 0 spiro atoms. The molecule has 0 fully saturated rings. The molecule has 0 aliphatic heterocycles. The predicted octanol–water partition coefficient (Wildman–Crippen LogP) is 3.31. The first-order valence-electron chi connectivity index (χ1n) is 8.09. The molecule has 0 aliphatic carbocycles. The number of hydrogen-bond acceptors (Lipinski definition) is 3. The van der Waals surface area contributed by atoms with Crippen LogP contribution in [0.2, 0.25) is 0 Å². The van der Waals surface area contributed by atoms with Crippen molar-refractivity contribution in [2.45, 2.75) is 39.5 Å². The summed E-state index contributed by atoms with van der Waals surface area (Å²) in [5, 5.41) is 16.2. The van der Waals surface area contributed by atoms with Crippen LogP contribution in [0.5, 0.6) is 11.5 Å². The molecule has 6 heteroatoms. The number of nitrogens with one attached hydrogen (secondary N) is 2. The molecule has 0 radical (unpaired) electrons. The van der Waals surface area contributed by atoms with Gasteiger partial charge in [-0.05, 0) is 37.5 Å². The van der Waals surface area contributed by atoms with Crippen molar-refractivity contribution >= 4 is 29.9 Å². The lowest BCUT2D eigenvalue weighted by Crippen LogP contribution is -2.38. The molecule has 0 saturated carbocycles. The van der Waals surface area contributed by atoms with Crippen LogP contribution in [-0.2, 0) is 6.42 Å². The minimum absolute atomic E-state index is 0. The number of ether oxygens (including phenoxy) is 1. The third kappa shape index (κ3) is 8.88. The van der Waals surface area contributed by atoms with Crippen LogP contribution in [0.15, 0.2) is 23.2 Å². The fourth-order valence-electron chi connectivity index (χ4n) is 2.10. The maximum atomic E-state index is 9.59. The third-order valence-corrected chi connectivity index (χ3v) is 3.33. The number of hydrogen-bond donors (Lipinski definition) is 3. The van der Waals surface area contributed by atoms with Gasteiger partial charge in [-0.2, -0.15) is 0 Å². The van der Waals surface area contributed by atoms with Gasteiger partial charge in [-0.3, -0.25) is 4.99 Å². The summed E-state index contributed by atoms with van der Waals surface area (Å²) in [7, 11) is 1.56. The number of halogens is 1. The number of nitrogens with zero attached hydrogens (tertiary/aromatic N) is 1. The van der Waals surface area contributed by atoms with Gasteiger partial charge in [0.2, 0.25) is 0 Å². The van der Waals surface area contributed by atoms with Crippen LogP contribution >= 0.6 is 24.0 Å². The van der Waals surface area contributed by atoms with Gasteiger partial charge >= 0.3 is 0 Å². The van der Waals surface area contributed by atoms with Gasteiger partial charge in [0.05, 0.1) is 7.11 Å². The Labute approximate surface area is 156 Å². The maximum absolute atomic E-state index is 9.59. The second-order valence-electron chi connectivity index (χ2n) is 5.15. The highest BCUT2D eigenvalue weighted by atomic mass is 127. The molecule has 1 aromatic rings. The van der Waals surface area contributed by atoms with E-state index in [1.165, 1.54) is 12.8 Å². The summed E-state index contributed by atoms with van der Waals surface area (Å²) in [6.45, 7) is 6.75. The molecule has 23 heavy (non-hydrogen) atoms. The highest BCUT2D eigenvalue weighted by molar-refractivity contribution is 14.0. The molecule has 0 aliphatic rings. The van der Waals surface area contributed by atoms with Crippen LogP contribution in [0, 0.1) is 0 Å². The Morgan fingerprint density at radius 2 is 2.00 bits per heavy atom.